The van der Waals surface area contributed by atoms with Crippen molar-refractivity contribution in [2.45, 2.75) is 6.54 Å². The van der Waals surface area contributed by atoms with Gasteiger partial charge in [-0.1, -0.05) is 12.0 Å². The van der Waals surface area contributed by atoms with E-state index in [0.717, 1.165) is 16.7 Å². The van der Waals surface area contributed by atoms with Crippen LogP contribution in [-0.2, 0) is 6.54 Å². The first-order chi connectivity index (χ1) is 6.31. The summed E-state index contributed by atoms with van der Waals surface area (Å²) in [5.74, 6) is 2.92. The lowest BCUT2D eigenvalue weighted by Gasteiger charge is -1.95. The Kier molecular flexibility index (Phi) is 2.23. The molecule has 0 aromatic heterocycles. The lowest BCUT2D eigenvalue weighted by Crippen LogP contribution is -2.12. The van der Waals surface area contributed by atoms with Crippen molar-refractivity contribution in [3.05, 3.63) is 34.9 Å². The maximum atomic E-state index is 11.3. The molecule has 1 amide bonds. The molecule has 0 fully saturated rings. The quantitative estimate of drug-likeness (QED) is 0.569. The van der Waals surface area contributed by atoms with Gasteiger partial charge in [-0.3, -0.25) is 4.79 Å². The summed E-state index contributed by atoms with van der Waals surface area (Å²) in [5, 5.41) is 2.77. The van der Waals surface area contributed by atoms with Crippen LogP contribution < -0.4 is 5.32 Å². The van der Waals surface area contributed by atoms with Crippen molar-refractivity contribution in [3.8, 4) is 9.85 Å². The predicted molar refractivity (Wildman–Crippen MR) is 58.5 cm³/mol. The number of fused-ring (bicyclic) bond motifs is 1. The van der Waals surface area contributed by atoms with Crippen molar-refractivity contribution in [1.82, 2.24) is 5.32 Å². The topological polar surface area (TPSA) is 29.1 Å². The fraction of sp³-hybridized carbons (Fsp3) is 0.100. The second-order valence-corrected chi connectivity index (χ2v) is 3.31. The van der Waals surface area contributed by atoms with Gasteiger partial charge in [0.05, 0.1) is 0 Å². The minimum absolute atomic E-state index is 0.00658. The van der Waals surface area contributed by atoms with E-state index in [1.807, 2.05) is 40.8 Å². The van der Waals surface area contributed by atoms with Crippen molar-refractivity contribution in [1.29, 1.82) is 0 Å². The van der Waals surface area contributed by atoms with Crippen LogP contribution >= 0.6 is 22.6 Å². The Bertz CT molecular complexity index is 428. The van der Waals surface area contributed by atoms with Crippen molar-refractivity contribution in [2.75, 3.05) is 0 Å². The Morgan fingerprint density at radius 3 is 3.08 bits per heavy atom. The molecule has 0 aliphatic carbocycles. The highest BCUT2D eigenvalue weighted by molar-refractivity contribution is 14.1. The van der Waals surface area contributed by atoms with E-state index in [4.69, 9.17) is 0 Å². The molecule has 0 spiro atoms. The van der Waals surface area contributed by atoms with Gasteiger partial charge in [0.1, 0.15) is 0 Å². The third-order valence-electron chi connectivity index (χ3n) is 1.99. The molecule has 64 valence electrons. The number of hydrogen-bond acceptors (Lipinski definition) is 1. The predicted octanol–water partition coefficient (Wildman–Crippen LogP) is 1.67. The number of hydrogen-bond donors (Lipinski definition) is 1. The molecular weight excluding hydrogens is 277 g/mol. The second kappa shape index (κ2) is 3.38. The Hall–Kier alpha value is -1.02. The van der Waals surface area contributed by atoms with Gasteiger partial charge in [-0.05, 0) is 21.6 Å². The molecule has 1 N–H and O–H groups in total. The van der Waals surface area contributed by atoms with Gasteiger partial charge >= 0.3 is 0 Å². The van der Waals surface area contributed by atoms with Gasteiger partial charge in [0.25, 0.3) is 5.91 Å². The minimum Gasteiger partial charge on any atom is -0.348 e. The fourth-order valence-corrected chi connectivity index (χ4v) is 1.66. The van der Waals surface area contributed by atoms with E-state index in [9.17, 15) is 4.79 Å². The molecule has 1 aromatic rings. The van der Waals surface area contributed by atoms with Crippen molar-refractivity contribution < 1.29 is 4.79 Å². The molecule has 0 saturated heterocycles. The summed E-state index contributed by atoms with van der Waals surface area (Å²) in [5.41, 5.74) is 2.71. The molecule has 0 bridgehead atoms. The lowest BCUT2D eigenvalue weighted by molar-refractivity contribution is 0.0966. The van der Waals surface area contributed by atoms with Crippen LogP contribution in [0, 0.1) is 9.85 Å². The number of carbonyl (C=O) groups excluding carboxylic acids is 1. The summed E-state index contributed by atoms with van der Waals surface area (Å²) in [6, 6.07) is 5.72. The Morgan fingerprint density at radius 1 is 1.46 bits per heavy atom. The third-order valence-corrected chi connectivity index (χ3v) is 2.26. The van der Waals surface area contributed by atoms with Crippen molar-refractivity contribution in [2.24, 2.45) is 0 Å². The van der Waals surface area contributed by atoms with Crippen LogP contribution in [0.1, 0.15) is 21.5 Å². The summed E-state index contributed by atoms with van der Waals surface area (Å²) in [6.07, 6.45) is 0. The number of benzene rings is 1. The summed E-state index contributed by atoms with van der Waals surface area (Å²) >= 11 is 1.98. The van der Waals surface area contributed by atoms with Gasteiger partial charge in [-0.25, -0.2) is 0 Å². The zero-order valence-corrected chi connectivity index (χ0v) is 8.88. The maximum Gasteiger partial charge on any atom is 0.251 e. The normalized spacial score (nSPS) is 12.8. The fourth-order valence-electron chi connectivity index (χ4n) is 1.35. The van der Waals surface area contributed by atoms with Gasteiger partial charge in [-0.2, -0.15) is 0 Å². The number of nitrogens with one attached hydrogen (secondary N) is 1. The Morgan fingerprint density at radius 2 is 2.31 bits per heavy atom. The molecule has 0 atom stereocenters. The van der Waals surface area contributed by atoms with E-state index >= 15 is 0 Å². The molecule has 1 aliphatic heterocycles. The SMILES string of the molecule is O=C1NCc2ccc(C#CI)cc21. The molecule has 1 aromatic carbocycles. The monoisotopic (exact) mass is 283 g/mol. The molecule has 13 heavy (non-hydrogen) atoms. The minimum atomic E-state index is 0.00658. The van der Waals surface area contributed by atoms with Crippen molar-refractivity contribution in [3.63, 3.8) is 0 Å². The first-order valence-corrected chi connectivity index (χ1v) is 4.92. The van der Waals surface area contributed by atoms with Crippen LogP contribution in [0.2, 0.25) is 0 Å². The first-order valence-electron chi connectivity index (χ1n) is 3.84. The van der Waals surface area contributed by atoms with Crippen molar-refractivity contribution >= 4 is 28.5 Å². The van der Waals surface area contributed by atoms with E-state index in [-0.39, 0.29) is 5.91 Å². The van der Waals surface area contributed by atoms with Gasteiger partial charge in [-0.15, -0.1) is 0 Å². The van der Waals surface area contributed by atoms with Crippen LogP contribution in [-0.4, -0.2) is 5.91 Å². The summed E-state index contributed by atoms with van der Waals surface area (Å²) in [7, 11) is 0. The highest BCUT2D eigenvalue weighted by Crippen LogP contribution is 2.16. The molecule has 2 rings (SSSR count). The van der Waals surface area contributed by atoms with Gasteiger partial charge in [0, 0.05) is 40.3 Å². The zero-order valence-electron chi connectivity index (χ0n) is 6.73. The van der Waals surface area contributed by atoms with Gasteiger partial charge in [0.15, 0.2) is 0 Å². The molecule has 0 radical (unpaired) electrons. The number of rotatable bonds is 0. The standard InChI is InChI=1S/C10H6INO/c11-4-3-7-1-2-8-6-12-10(13)9(8)5-7/h1-2,5H,6H2,(H,12,13). The summed E-state index contributed by atoms with van der Waals surface area (Å²) < 4.78 is 2.78. The third kappa shape index (κ3) is 1.54. The van der Waals surface area contributed by atoms with Gasteiger partial charge < -0.3 is 5.32 Å². The first kappa shape index (κ1) is 8.57. The molecular formula is C10H6INO. The summed E-state index contributed by atoms with van der Waals surface area (Å²) in [4.78, 5) is 11.3. The second-order valence-electron chi connectivity index (χ2n) is 2.77. The molecule has 3 heteroatoms. The van der Waals surface area contributed by atoms with E-state index in [2.05, 4.69) is 15.2 Å². The largest absolute Gasteiger partial charge is 0.348 e. The van der Waals surface area contributed by atoms with E-state index < -0.39 is 0 Å². The number of halogens is 1. The van der Waals surface area contributed by atoms with Crippen LogP contribution in [0.5, 0.6) is 0 Å². The van der Waals surface area contributed by atoms with Crippen LogP contribution in [0.4, 0.5) is 0 Å². The highest BCUT2D eigenvalue weighted by atomic mass is 127. The Labute approximate surface area is 89.9 Å². The zero-order chi connectivity index (χ0) is 9.26. The van der Waals surface area contributed by atoms with E-state index in [1.165, 1.54) is 0 Å². The highest BCUT2D eigenvalue weighted by Gasteiger charge is 2.17. The average Bonchev–Trinajstić information content (AvgIpc) is 2.49. The van der Waals surface area contributed by atoms with Gasteiger partial charge in [0.2, 0.25) is 0 Å². The Balaban J connectivity index is 2.51. The summed E-state index contributed by atoms with van der Waals surface area (Å²) in [6.45, 7) is 0.645. The molecule has 0 saturated carbocycles. The lowest BCUT2D eigenvalue weighted by atomic mass is 10.1. The molecule has 2 nitrogen and oxygen atoms in total. The van der Waals surface area contributed by atoms with E-state index in [0.29, 0.717) is 6.54 Å². The van der Waals surface area contributed by atoms with Crippen LogP contribution in [0.15, 0.2) is 18.2 Å². The maximum absolute atomic E-state index is 11.3. The molecule has 0 unspecified atom stereocenters. The molecule has 1 heterocycles. The van der Waals surface area contributed by atoms with Crippen LogP contribution in [0.3, 0.4) is 0 Å². The van der Waals surface area contributed by atoms with Crippen LogP contribution in [0.25, 0.3) is 0 Å². The number of carbonyl (C=O) groups is 1. The smallest absolute Gasteiger partial charge is 0.251 e. The average molecular weight is 283 g/mol. The molecule has 1 aliphatic rings. The van der Waals surface area contributed by atoms with E-state index in [1.54, 1.807) is 0 Å². The number of amides is 1.